The summed E-state index contributed by atoms with van der Waals surface area (Å²) in [5.74, 6) is 0.338. The summed E-state index contributed by atoms with van der Waals surface area (Å²) in [6.07, 6.45) is 9.75. The standard InChI is InChI=1S/C19H27FN2O/c20-17-8-4-5-9-18(17)21-19(23)12-13-22(16-10-11-16)14-15-6-2-1-3-7-15/h4-5,8-9,15-16H,1-3,6-7,10-14H2,(H,21,23). The van der Waals surface area contributed by atoms with Gasteiger partial charge in [0.2, 0.25) is 5.91 Å². The minimum Gasteiger partial charge on any atom is -0.324 e. The molecule has 0 saturated heterocycles. The van der Waals surface area contributed by atoms with Crippen molar-refractivity contribution in [3.63, 3.8) is 0 Å². The smallest absolute Gasteiger partial charge is 0.225 e. The van der Waals surface area contributed by atoms with Crippen LogP contribution in [0.5, 0.6) is 0 Å². The normalized spacial score (nSPS) is 19.0. The largest absolute Gasteiger partial charge is 0.324 e. The molecule has 0 radical (unpaired) electrons. The Hall–Kier alpha value is -1.42. The first-order valence-corrected chi connectivity index (χ1v) is 9.01. The molecule has 2 fully saturated rings. The third-order valence-corrected chi connectivity index (χ3v) is 5.05. The third kappa shape index (κ3) is 5.03. The van der Waals surface area contributed by atoms with Gasteiger partial charge in [-0.2, -0.15) is 0 Å². The topological polar surface area (TPSA) is 32.3 Å². The molecule has 0 spiro atoms. The molecule has 1 aromatic rings. The molecule has 0 aliphatic heterocycles. The Labute approximate surface area is 138 Å². The van der Waals surface area contributed by atoms with Crippen molar-refractivity contribution in [3.05, 3.63) is 30.1 Å². The number of benzene rings is 1. The highest BCUT2D eigenvalue weighted by atomic mass is 19.1. The zero-order chi connectivity index (χ0) is 16.1. The van der Waals surface area contributed by atoms with Gasteiger partial charge in [0.05, 0.1) is 5.69 Å². The van der Waals surface area contributed by atoms with Gasteiger partial charge in [0.25, 0.3) is 0 Å². The number of rotatable bonds is 7. The van der Waals surface area contributed by atoms with Crippen LogP contribution in [0, 0.1) is 11.7 Å². The Kier molecular flexibility index (Phi) is 5.65. The zero-order valence-electron chi connectivity index (χ0n) is 13.8. The fraction of sp³-hybridized carbons (Fsp3) is 0.632. The van der Waals surface area contributed by atoms with Crippen molar-refractivity contribution in [3.8, 4) is 0 Å². The lowest BCUT2D eigenvalue weighted by atomic mass is 9.89. The summed E-state index contributed by atoms with van der Waals surface area (Å²) in [4.78, 5) is 14.6. The molecule has 0 aromatic heterocycles. The number of amides is 1. The third-order valence-electron chi connectivity index (χ3n) is 5.05. The number of carbonyl (C=O) groups excluding carboxylic acids is 1. The molecular formula is C19H27FN2O. The van der Waals surface area contributed by atoms with Crippen molar-refractivity contribution in [1.82, 2.24) is 4.90 Å². The van der Waals surface area contributed by atoms with E-state index in [1.54, 1.807) is 18.2 Å². The highest BCUT2D eigenvalue weighted by Gasteiger charge is 2.31. The molecule has 126 valence electrons. The van der Waals surface area contributed by atoms with Crippen molar-refractivity contribution >= 4 is 11.6 Å². The lowest BCUT2D eigenvalue weighted by molar-refractivity contribution is -0.116. The fourth-order valence-electron chi connectivity index (χ4n) is 3.58. The van der Waals surface area contributed by atoms with E-state index in [1.807, 2.05) is 0 Å². The molecule has 2 aliphatic carbocycles. The summed E-state index contributed by atoms with van der Waals surface area (Å²) in [7, 11) is 0. The number of para-hydroxylation sites is 1. The molecule has 1 N–H and O–H groups in total. The van der Waals surface area contributed by atoms with Crippen LogP contribution in [0.25, 0.3) is 0 Å². The predicted octanol–water partition coefficient (Wildman–Crippen LogP) is 4.20. The Bertz CT molecular complexity index is 524. The molecule has 1 amide bonds. The lowest BCUT2D eigenvalue weighted by Gasteiger charge is -2.29. The van der Waals surface area contributed by atoms with Crippen LogP contribution in [0.15, 0.2) is 24.3 Å². The van der Waals surface area contributed by atoms with Crippen LogP contribution < -0.4 is 5.32 Å². The lowest BCUT2D eigenvalue weighted by Crippen LogP contribution is -2.35. The molecule has 0 atom stereocenters. The molecule has 2 aliphatic rings. The number of anilines is 1. The van der Waals surface area contributed by atoms with Gasteiger partial charge in [0.15, 0.2) is 0 Å². The Morgan fingerprint density at radius 3 is 2.57 bits per heavy atom. The van der Waals surface area contributed by atoms with E-state index in [0.717, 1.165) is 19.0 Å². The number of hydrogen-bond donors (Lipinski definition) is 1. The summed E-state index contributed by atoms with van der Waals surface area (Å²) in [6, 6.07) is 7.02. The second kappa shape index (κ2) is 7.91. The van der Waals surface area contributed by atoms with E-state index >= 15 is 0 Å². The van der Waals surface area contributed by atoms with Crippen LogP contribution in [0.3, 0.4) is 0 Å². The van der Waals surface area contributed by atoms with Crippen LogP contribution in [0.4, 0.5) is 10.1 Å². The van der Waals surface area contributed by atoms with Crippen molar-refractivity contribution in [2.75, 3.05) is 18.4 Å². The molecule has 0 heterocycles. The number of nitrogens with zero attached hydrogens (tertiary/aromatic N) is 1. The summed E-state index contributed by atoms with van der Waals surface area (Å²) >= 11 is 0. The first-order chi connectivity index (χ1) is 11.2. The highest BCUT2D eigenvalue weighted by Crippen LogP contribution is 2.31. The van der Waals surface area contributed by atoms with Gasteiger partial charge in [0, 0.05) is 25.6 Å². The average molecular weight is 318 g/mol. The van der Waals surface area contributed by atoms with Gasteiger partial charge in [-0.25, -0.2) is 4.39 Å². The Morgan fingerprint density at radius 1 is 1.13 bits per heavy atom. The van der Waals surface area contributed by atoms with Gasteiger partial charge in [-0.05, 0) is 43.7 Å². The van der Waals surface area contributed by atoms with E-state index in [0.29, 0.717) is 12.5 Å². The van der Waals surface area contributed by atoms with Crippen LogP contribution in [0.2, 0.25) is 0 Å². The minimum atomic E-state index is -0.373. The molecule has 1 aromatic carbocycles. The molecule has 2 saturated carbocycles. The van der Waals surface area contributed by atoms with Crippen molar-refractivity contribution < 1.29 is 9.18 Å². The summed E-state index contributed by atoms with van der Waals surface area (Å²) in [6.45, 7) is 1.93. The second-order valence-corrected chi connectivity index (χ2v) is 7.01. The predicted molar refractivity (Wildman–Crippen MR) is 90.8 cm³/mol. The number of carbonyl (C=O) groups is 1. The van der Waals surface area contributed by atoms with Crippen LogP contribution in [-0.4, -0.2) is 29.9 Å². The van der Waals surface area contributed by atoms with Gasteiger partial charge in [-0.15, -0.1) is 0 Å². The molecule has 3 rings (SSSR count). The van der Waals surface area contributed by atoms with E-state index in [1.165, 1.54) is 51.0 Å². The van der Waals surface area contributed by atoms with E-state index in [2.05, 4.69) is 10.2 Å². The summed E-state index contributed by atoms with van der Waals surface area (Å²) in [5, 5.41) is 2.69. The maximum absolute atomic E-state index is 13.6. The molecule has 4 heteroatoms. The molecular weight excluding hydrogens is 291 g/mol. The second-order valence-electron chi connectivity index (χ2n) is 7.01. The van der Waals surface area contributed by atoms with Gasteiger partial charge < -0.3 is 5.32 Å². The minimum absolute atomic E-state index is 0.0932. The van der Waals surface area contributed by atoms with Crippen LogP contribution in [0.1, 0.15) is 51.4 Å². The highest BCUT2D eigenvalue weighted by molar-refractivity contribution is 5.90. The van der Waals surface area contributed by atoms with Crippen molar-refractivity contribution in [1.29, 1.82) is 0 Å². The van der Waals surface area contributed by atoms with Crippen LogP contribution in [-0.2, 0) is 4.79 Å². The molecule has 0 unspecified atom stereocenters. The SMILES string of the molecule is O=C(CCN(CC1CCCCC1)C1CC1)Nc1ccccc1F. The monoisotopic (exact) mass is 318 g/mol. The van der Waals surface area contributed by atoms with E-state index in [4.69, 9.17) is 0 Å². The van der Waals surface area contributed by atoms with E-state index < -0.39 is 0 Å². The van der Waals surface area contributed by atoms with Gasteiger partial charge >= 0.3 is 0 Å². The number of nitrogens with one attached hydrogen (secondary N) is 1. The fourth-order valence-corrected chi connectivity index (χ4v) is 3.58. The maximum Gasteiger partial charge on any atom is 0.225 e. The molecule has 0 bridgehead atoms. The van der Waals surface area contributed by atoms with E-state index in [-0.39, 0.29) is 17.4 Å². The van der Waals surface area contributed by atoms with E-state index in [9.17, 15) is 9.18 Å². The van der Waals surface area contributed by atoms with Gasteiger partial charge in [-0.1, -0.05) is 31.4 Å². The van der Waals surface area contributed by atoms with Crippen molar-refractivity contribution in [2.45, 2.75) is 57.4 Å². The zero-order valence-corrected chi connectivity index (χ0v) is 13.8. The number of hydrogen-bond acceptors (Lipinski definition) is 2. The van der Waals surface area contributed by atoms with Crippen LogP contribution >= 0.6 is 0 Å². The first kappa shape index (κ1) is 16.4. The maximum atomic E-state index is 13.6. The van der Waals surface area contributed by atoms with Gasteiger partial charge in [0.1, 0.15) is 5.82 Å². The molecule has 23 heavy (non-hydrogen) atoms. The summed E-state index contributed by atoms with van der Waals surface area (Å²) in [5.41, 5.74) is 0.280. The Balaban J connectivity index is 1.46. The first-order valence-electron chi connectivity index (χ1n) is 9.01. The quantitative estimate of drug-likeness (QED) is 0.817. The average Bonchev–Trinajstić information content (AvgIpc) is 3.39. The number of halogens is 1. The van der Waals surface area contributed by atoms with Crippen molar-refractivity contribution in [2.24, 2.45) is 5.92 Å². The Morgan fingerprint density at radius 2 is 1.87 bits per heavy atom. The molecule has 3 nitrogen and oxygen atoms in total. The summed E-state index contributed by atoms with van der Waals surface area (Å²) < 4.78 is 13.6. The van der Waals surface area contributed by atoms with Gasteiger partial charge in [-0.3, -0.25) is 9.69 Å².